The highest BCUT2D eigenvalue weighted by Gasteiger charge is 2.35. The van der Waals surface area contributed by atoms with Crippen molar-refractivity contribution in [3.05, 3.63) is 0 Å². The molecule has 1 saturated carbocycles. The van der Waals surface area contributed by atoms with Crippen molar-refractivity contribution in [2.45, 2.75) is 91.3 Å². The number of carbonyl (C=O) groups is 1. The van der Waals surface area contributed by atoms with E-state index in [9.17, 15) is 4.79 Å². The molecule has 0 bridgehead atoms. The molecule has 0 aromatic heterocycles. The van der Waals surface area contributed by atoms with E-state index in [0.29, 0.717) is 11.5 Å². The number of carbonyl (C=O) groups excluding carboxylic acids is 1. The normalized spacial score (nSPS) is 31.2. The Labute approximate surface area is 142 Å². The van der Waals surface area contributed by atoms with Crippen LogP contribution in [0.2, 0.25) is 0 Å². The Morgan fingerprint density at radius 2 is 2.00 bits per heavy atom. The van der Waals surface area contributed by atoms with Crippen LogP contribution in [0.1, 0.15) is 73.6 Å². The maximum Gasteiger partial charge on any atom is 0.410 e. The number of ether oxygens (including phenoxy) is 1. The van der Waals surface area contributed by atoms with E-state index < -0.39 is 5.60 Å². The van der Waals surface area contributed by atoms with E-state index in [1.165, 1.54) is 19.3 Å². The first-order valence-electron chi connectivity index (χ1n) is 9.29. The van der Waals surface area contributed by atoms with Gasteiger partial charge in [0, 0.05) is 25.2 Å². The zero-order valence-corrected chi connectivity index (χ0v) is 15.9. The van der Waals surface area contributed by atoms with E-state index in [1.807, 2.05) is 25.7 Å². The standard InChI is InChI=1S/C19H36N2O2/c1-14-10-15(12-19(5,6)11-14)20-13-16-8-7-9-21(16)17(22)23-18(2,3)4/h14-16,20H,7-13H2,1-6H3. The van der Waals surface area contributed by atoms with E-state index in [0.717, 1.165) is 31.8 Å². The number of likely N-dealkylation sites (tertiary alicyclic amines) is 1. The lowest BCUT2D eigenvalue weighted by Crippen LogP contribution is -2.48. The van der Waals surface area contributed by atoms with Crippen LogP contribution >= 0.6 is 0 Å². The summed E-state index contributed by atoms with van der Waals surface area (Å²) in [5, 5.41) is 3.75. The molecule has 0 spiro atoms. The smallest absolute Gasteiger partial charge is 0.410 e. The maximum atomic E-state index is 12.4. The summed E-state index contributed by atoms with van der Waals surface area (Å²) < 4.78 is 5.55. The van der Waals surface area contributed by atoms with Crippen LogP contribution in [-0.2, 0) is 4.74 Å². The summed E-state index contributed by atoms with van der Waals surface area (Å²) in [4.78, 5) is 14.3. The van der Waals surface area contributed by atoms with Crippen LogP contribution in [0.5, 0.6) is 0 Å². The molecule has 2 fully saturated rings. The molecular weight excluding hydrogens is 288 g/mol. The van der Waals surface area contributed by atoms with Crippen molar-refractivity contribution in [1.82, 2.24) is 10.2 Å². The van der Waals surface area contributed by atoms with Gasteiger partial charge < -0.3 is 15.0 Å². The van der Waals surface area contributed by atoms with Crippen molar-refractivity contribution >= 4 is 6.09 Å². The molecule has 1 saturated heterocycles. The molecule has 0 aromatic carbocycles. The Morgan fingerprint density at radius 1 is 1.30 bits per heavy atom. The molecule has 1 amide bonds. The fourth-order valence-corrected chi connectivity index (χ4v) is 4.41. The molecule has 23 heavy (non-hydrogen) atoms. The average Bonchev–Trinajstić information content (AvgIpc) is 2.80. The van der Waals surface area contributed by atoms with Crippen LogP contribution < -0.4 is 5.32 Å². The van der Waals surface area contributed by atoms with Gasteiger partial charge in [0.25, 0.3) is 0 Å². The molecule has 4 nitrogen and oxygen atoms in total. The third-order valence-electron chi connectivity index (χ3n) is 5.03. The second-order valence-electron chi connectivity index (χ2n) is 9.49. The average molecular weight is 325 g/mol. The lowest BCUT2D eigenvalue weighted by molar-refractivity contribution is 0.0220. The quantitative estimate of drug-likeness (QED) is 0.846. The molecule has 3 unspecified atom stereocenters. The first-order valence-corrected chi connectivity index (χ1v) is 9.29. The second-order valence-corrected chi connectivity index (χ2v) is 9.49. The highest BCUT2D eigenvalue weighted by atomic mass is 16.6. The molecule has 3 atom stereocenters. The van der Waals surface area contributed by atoms with Crippen molar-refractivity contribution in [1.29, 1.82) is 0 Å². The lowest BCUT2D eigenvalue weighted by Gasteiger charge is -2.40. The van der Waals surface area contributed by atoms with Crippen LogP contribution in [0.3, 0.4) is 0 Å². The third kappa shape index (κ3) is 5.66. The molecule has 4 heteroatoms. The first kappa shape index (κ1) is 18.6. The van der Waals surface area contributed by atoms with Gasteiger partial charge in [-0.05, 0) is 64.2 Å². The number of hydrogen-bond donors (Lipinski definition) is 1. The molecule has 0 aromatic rings. The van der Waals surface area contributed by atoms with Crippen LogP contribution in [0.15, 0.2) is 0 Å². The van der Waals surface area contributed by atoms with Crippen molar-refractivity contribution < 1.29 is 9.53 Å². The number of nitrogens with one attached hydrogen (secondary N) is 1. The molecule has 2 rings (SSSR count). The van der Waals surface area contributed by atoms with Gasteiger partial charge >= 0.3 is 6.09 Å². The van der Waals surface area contributed by atoms with E-state index >= 15 is 0 Å². The SMILES string of the molecule is CC1CC(NCC2CCCN2C(=O)OC(C)(C)C)CC(C)(C)C1. The summed E-state index contributed by atoms with van der Waals surface area (Å²) in [6.45, 7) is 14.6. The second kappa shape index (κ2) is 7.00. The molecule has 0 radical (unpaired) electrons. The van der Waals surface area contributed by atoms with Crippen LogP contribution in [-0.4, -0.2) is 41.8 Å². The third-order valence-corrected chi connectivity index (χ3v) is 5.03. The molecule has 1 aliphatic heterocycles. The molecule has 1 N–H and O–H groups in total. The van der Waals surface area contributed by atoms with Crippen LogP contribution in [0, 0.1) is 11.3 Å². The van der Waals surface area contributed by atoms with Crippen LogP contribution in [0.25, 0.3) is 0 Å². The number of hydrogen-bond acceptors (Lipinski definition) is 3. The summed E-state index contributed by atoms with van der Waals surface area (Å²) in [6, 6.07) is 0.861. The zero-order valence-electron chi connectivity index (χ0n) is 15.9. The summed E-state index contributed by atoms with van der Waals surface area (Å²) in [5.41, 5.74) is 0.0103. The van der Waals surface area contributed by atoms with Crippen LogP contribution in [0.4, 0.5) is 4.79 Å². The van der Waals surface area contributed by atoms with Crippen molar-refractivity contribution in [3.8, 4) is 0 Å². The Bertz CT molecular complexity index is 414. The van der Waals surface area contributed by atoms with Gasteiger partial charge in [0.1, 0.15) is 5.60 Å². The number of rotatable bonds is 3. The highest BCUT2D eigenvalue weighted by Crippen LogP contribution is 2.38. The minimum atomic E-state index is -0.416. The van der Waals surface area contributed by atoms with E-state index in [-0.39, 0.29) is 12.1 Å². The highest BCUT2D eigenvalue weighted by molar-refractivity contribution is 5.69. The van der Waals surface area contributed by atoms with Gasteiger partial charge in [-0.2, -0.15) is 0 Å². The van der Waals surface area contributed by atoms with Gasteiger partial charge in [-0.25, -0.2) is 4.79 Å². The summed E-state index contributed by atoms with van der Waals surface area (Å²) >= 11 is 0. The predicted molar refractivity (Wildman–Crippen MR) is 94.5 cm³/mol. The fraction of sp³-hybridized carbons (Fsp3) is 0.947. The van der Waals surface area contributed by atoms with Crippen molar-refractivity contribution in [2.75, 3.05) is 13.1 Å². The summed E-state index contributed by atoms with van der Waals surface area (Å²) in [5.74, 6) is 0.779. The molecule has 1 heterocycles. The molecule has 2 aliphatic rings. The largest absolute Gasteiger partial charge is 0.444 e. The van der Waals surface area contributed by atoms with Crippen molar-refractivity contribution in [3.63, 3.8) is 0 Å². The molecule has 134 valence electrons. The van der Waals surface area contributed by atoms with E-state index in [2.05, 4.69) is 26.1 Å². The number of nitrogens with zero attached hydrogens (tertiary/aromatic N) is 1. The zero-order chi connectivity index (χ0) is 17.3. The Morgan fingerprint density at radius 3 is 2.61 bits per heavy atom. The molecular formula is C19H36N2O2. The minimum Gasteiger partial charge on any atom is -0.444 e. The molecule has 1 aliphatic carbocycles. The minimum absolute atomic E-state index is 0.154. The Kier molecular flexibility index (Phi) is 5.65. The lowest BCUT2D eigenvalue weighted by atomic mass is 9.70. The fourth-order valence-electron chi connectivity index (χ4n) is 4.41. The number of amides is 1. The summed E-state index contributed by atoms with van der Waals surface area (Å²) in [7, 11) is 0. The first-order chi connectivity index (χ1) is 10.6. The summed E-state index contributed by atoms with van der Waals surface area (Å²) in [6.07, 6.45) is 5.81. The van der Waals surface area contributed by atoms with Gasteiger partial charge in [0.15, 0.2) is 0 Å². The van der Waals surface area contributed by atoms with E-state index in [4.69, 9.17) is 4.74 Å². The predicted octanol–water partition coefficient (Wildman–Crippen LogP) is 4.19. The van der Waals surface area contributed by atoms with Gasteiger partial charge in [-0.15, -0.1) is 0 Å². The Balaban J connectivity index is 1.85. The van der Waals surface area contributed by atoms with Gasteiger partial charge in [-0.1, -0.05) is 20.8 Å². The van der Waals surface area contributed by atoms with E-state index in [1.54, 1.807) is 0 Å². The van der Waals surface area contributed by atoms with Crippen molar-refractivity contribution in [2.24, 2.45) is 11.3 Å². The topological polar surface area (TPSA) is 41.6 Å². The van der Waals surface area contributed by atoms with Gasteiger partial charge in [0.05, 0.1) is 0 Å². The van der Waals surface area contributed by atoms with Gasteiger partial charge in [-0.3, -0.25) is 0 Å². The monoisotopic (exact) mass is 324 g/mol. The Hall–Kier alpha value is -0.770. The maximum absolute atomic E-state index is 12.4. The van der Waals surface area contributed by atoms with Gasteiger partial charge in [0.2, 0.25) is 0 Å².